The van der Waals surface area contributed by atoms with E-state index in [9.17, 15) is 17.2 Å². The number of sulfonamides is 1. The average molecular weight is 397 g/mol. The zero-order chi connectivity index (χ0) is 15.6. The number of rotatable bonds is 5. The molecule has 0 atom stereocenters. The maximum Gasteiger partial charge on any atom is 0.271 e. The third-order valence-electron chi connectivity index (χ3n) is 2.50. The second-order valence-electron chi connectivity index (χ2n) is 4.10. The van der Waals surface area contributed by atoms with Gasteiger partial charge < -0.3 is 5.32 Å². The van der Waals surface area contributed by atoms with Crippen LogP contribution in [0.4, 0.5) is 14.5 Å². The summed E-state index contributed by atoms with van der Waals surface area (Å²) in [4.78, 5) is 0.830. The molecule has 0 aliphatic heterocycles. The molecule has 0 radical (unpaired) electrons. The number of benzene rings is 1. The van der Waals surface area contributed by atoms with Gasteiger partial charge in [-0.3, -0.25) is 4.72 Å². The van der Waals surface area contributed by atoms with Gasteiger partial charge in [-0.25, -0.2) is 17.2 Å². The monoisotopic (exact) mass is 396 g/mol. The summed E-state index contributed by atoms with van der Waals surface area (Å²) in [5.41, 5.74) is -0.319. The van der Waals surface area contributed by atoms with Crippen molar-refractivity contribution in [3.8, 4) is 0 Å². The van der Waals surface area contributed by atoms with Crippen LogP contribution in [0.3, 0.4) is 0 Å². The van der Waals surface area contributed by atoms with E-state index >= 15 is 0 Å². The van der Waals surface area contributed by atoms with Crippen molar-refractivity contribution in [2.75, 3.05) is 11.8 Å². The minimum atomic E-state index is -3.92. The molecule has 0 aliphatic rings. The Bertz CT molecular complexity index is 739. The van der Waals surface area contributed by atoms with Crippen LogP contribution in [0.2, 0.25) is 0 Å². The van der Waals surface area contributed by atoms with Crippen molar-refractivity contribution in [3.63, 3.8) is 0 Å². The smallest absolute Gasteiger partial charge is 0.271 e. The van der Waals surface area contributed by atoms with E-state index in [0.29, 0.717) is 12.6 Å². The number of anilines is 1. The van der Waals surface area contributed by atoms with Gasteiger partial charge in [0.25, 0.3) is 10.0 Å². The lowest BCUT2D eigenvalue weighted by atomic mass is 10.3. The topological polar surface area (TPSA) is 58.2 Å². The summed E-state index contributed by atoms with van der Waals surface area (Å²) < 4.78 is 53.3. The molecule has 0 saturated carbocycles. The highest BCUT2D eigenvalue weighted by atomic mass is 79.9. The normalized spacial score (nSPS) is 11.6. The Balaban J connectivity index is 2.33. The highest BCUT2D eigenvalue weighted by Crippen LogP contribution is 2.30. The molecule has 0 bridgehead atoms. The number of hydrogen-bond acceptors (Lipinski definition) is 4. The van der Waals surface area contributed by atoms with Gasteiger partial charge in [0.1, 0.15) is 10.0 Å². The first-order valence-corrected chi connectivity index (χ1v) is 8.83. The van der Waals surface area contributed by atoms with Crippen molar-refractivity contribution in [1.29, 1.82) is 0 Å². The second kappa shape index (κ2) is 6.39. The molecule has 0 aliphatic carbocycles. The summed E-state index contributed by atoms with van der Waals surface area (Å²) in [5, 5.41) is 2.91. The second-order valence-corrected chi connectivity index (χ2v) is 8.03. The van der Waals surface area contributed by atoms with Crippen LogP contribution < -0.4 is 10.0 Å². The molecule has 0 saturated heterocycles. The van der Waals surface area contributed by atoms with Crippen LogP contribution >= 0.6 is 27.3 Å². The Morgan fingerprint density at radius 3 is 2.62 bits per heavy atom. The molecule has 21 heavy (non-hydrogen) atoms. The molecule has 2 N–H and O–H groups in total. The fourth-order valence-electron chi connectivity index (χ4n) is 1.60. The molecule has 1 aromatic heterocycles. The van der Waals surface area contributed by atoms with Crippen LogP contribution in [-0.2, 0) is 16.6 Å². The van der Waals surface area contributed by atoms with Gasteiger partial charge in [0.15, 0.2) is 5.82 Å². The van der Waals surface area contributed by atoms with Gasteiger partial charge in [0, 0.05) is 22.0 Å². The SMILES string of the molecule is CNCc1ccc(S(=O)(=O)Nc2c(F)cc(F)cc2Br)s1. The summed E-state index contributed by atoms with van der Waals surface area (Å²) >= 11 is 4.01. The third kappa shape index (κ3) is 3.79. The Hall–Kier alpha value is -1.03. The first-order valence-electron chi connectivity index (χ1n) is 5.74. The fraction of sp³-hybridized carbons (Fsp3) is 0.167. The number of nitrogens with one attached hydrogen (secondary N) is 2. The van der Waals surface area contributed by atoms with E-state index in [1.807, 2.05) is 0 Å². The van der Waals surface area contributed by atoms with E-state index in [-0.39, 0.29) is 14.4 Å². The maximum absolute atomic E-state index is 13.7. The van der Waals surface area contributed by atoms with E-state index in [1.165, 1.54) is 6.07 Å². The molecule has 0 fully saturated rings. The Morgan fingerprint density at radius 2 is 2.00 bits per heavy atom. The van der Waals surface area contributed by atoms with Crippen LogP contribution in [-0.4, -0.2) is 15.5 Å². The predicted octanol–water partition coefficient (Wildman–Crippen LogP) is 3.31. The van der Waals surface area contributed by atoms with E-state index in [1.54, 1.807) is 13.1 Å². The van der Waals surface area contributed by atoms with E-state index < -0.39 is 21.7 Å². The molecule has 2 aromatic rings. The molecular formula is C12H11BrF2N2O2S2. The number of halogens is 3. The molecule has 1 heterocycles. The summed E-state index contributed by atoms with van der Waals surface area (Å²) in [7, 11) is -2.17. The van der Waals surface area contributed by atoms with E-state index in [4.69, 9.17) is 0 Å². The van der Waals surface area contributed by atoms with Crippen LogP contribution in [0.25, 0.3) is 0 Å². The van der Waals surface area contributed by atoms with Crippen molar-refractivity contribution in [1.82, 2.24) is 5.32 Å². The Kier molecular flexibility index (Phi) is 4.97. The Morgan fingerprint density at radius 1 is 1.29 bits per heavy atom. The van der Waals surface area contributed by atoms with Crippen molar-refractivity contribution in [3.05, 3.63) is 45.2 Å². The first kappa shape index (κ1) is 16.3. The van der Waals surface area contributed by atoms with E-state index in [0.717, 1.165) is 22.3 Å². The van der Waals surface area contributed by atoms with Crippen LogP contribution in [0.1, 0.15) is 4.88 Å². The maximum atomic E-state index is 13.7. The summed E-state index contributed by atoms with van der Waals surface area (Å²) in [6.07, 6.45) is 0. The summed E-state index contributed by atoms with van der Waals surface area (Å²) in [6.45, 7) is 0.536. The van der Waals surface area contributed by atoms with Gasteiger partial charge in [0.2, 0.25) is 0 Å². The minimum absolute atomic E-state index is 0.00409. The standard InChI is InChI=1S/C12H11BrF2N2O2S2/c1-16-6-8-2-3-11(20-8)21(18,19)17-12-9(13)4-7(14)5-10(12)15/h2-5,16-17H,6H2,1H3. The molecule has 4 nitrogen and oxygen atoms in total. The number of thiophene rings is 1. The van der Waals surface area contributed by atoms with Gasteiger partial charge >= 0.3 is 0 Å². The molecule has 0 unspecified atom stereocenters. The summed E-state index contributed by atoms with van der Waals surface area (Å²) in [6, 6.07) is 4.71. The molecule has 1 aromatic carbocycles. The molecule has 0 spiro atoms. The first-order chi connectivity index (χ1) is 9.83. The summed E-state index contributed by atoms with van der Waals surface area (Å²) in [5.74, 6) is -1.78. The molecule has 0 amide bonds. The minimum Gasteiger partial charge on any atom is -0.315 e. The highest BCUT2D eigenvalue weighted by Gasteiger charge is 2.21. The van der Waals surface area contributed by atoms with E-state index in [2.05, 4.69) is 26.0 Å². The lowest BCUT2D eigenvalue weighted by Gasteiger charge is -2.09. The molecule has 114 valence electrons. The van der Waals surface area contributed by atoms with Gasteiger partial charge in [-0.05, 0) is 41.2 Å². The molecule has 2 rings (SSSR count). The van der Waals surface area contributed by atoms with Crippen molar-refractivity contribution in [2.45, 2.75) is 10.8 Å². The largest absolute Gasteiger partial charge is 0.315 e. The molecule has 9 heteroatoms. The van der Waals surface area contributed by atoms with Gasteiger partial charge in [0.05, 0.1) is 5.69 Å². The van der Waals surface area contributed by atoms with Crippen molar-refractivity contribution >= 4 is 43.0 Å². The Labute approximate surface area is 133 Å². The highest BCUT2D eigenvalue weighted by molar-refractivity contribution is 9.10. The predicted molar refractivity (Wildman–Crippen MR) is 81.9 cm³/mol. The van der Waals surface area contributed by atoms with Crippen LogP contribution in [0.15, 0.2) is 32.9 Å². The van der Waals surface area contributed by atoms with Crippen molar-refractivity contribution in [2.24, 2.45) is 0 Å². The lowest BCUT2D eigenvalue weighted by molar-refractivity contribution is 0.582. The van der Waals surface area contributed by atoms with Crippen LogP contribution in [0.5, 0.6) is 0 Å². The molecular weight excluding hydrogens is 386 g/mol. The average Bonchev–Trinajstić information content (AvgIpc) is 2.84. The quantitative estimate of drug-likeness (QED) is 0.814. The van der Waals surface area contributed by atoms with Gasteiger partial charge in [-0.2, -0.15) is 0 Å². The van der Waals surface area contributed by atoms with Crippen LogP contribution in [0, 0.1) is 11.6 Å². The van der Waals surface area contributed by atoms with Gasteiger partial charge in [-0.15, -0.1) is 11.3 Å². The lowest BCUT2D eigenvalue weighted by Crippen LogP contribution is -2.13. The van der Waals surface area contributed by atoms with Gasteiger partial charge in [-0.1, -0.05) is 0 Å². The zero-order valence-electron chi connectivity index (χ0n) is 10.8. The fourth-order valence-corrected chi connectivity index (χ4v) is 4.69. The zero-order valence-corrected chi connectivity index (χ0v) is 14.0. The third-order valence-corrected chi connectivity index (χ3v) is 6.05. The van der Waals surface area contributed by atoms with Crippen molar-refractivity contribution < 1.29 is 17.2 Å². The number of hydrogen-bond donors (Lipinski definition) is 2.